The van der Waals surface area contributed by atoms with Crippen LogP contribution in [0.2, 0.25) is 0 Å². The van der Waals surface area contributed by atoms with E-state index in [0.29, 0.717) is 44.9 Å². The van der Waals surface area contributed by atoms with Gasteiger partial charge >= 0.3 is 0 Å². The summed E-state index contributed by atoms with van der Waals surface area (Å²) >= 11 is 0. The van der Waals surface area contributed by atoms with Crippen molar-refractivity contribution in [2.75, 3.05) is 54.7 Å². The second-order valence-corrected chi connectivity index (χ2v) is 6.66. The largest absolute Gasteiger partial charge is 0.496 e. The lowest BCUT2D eigenvalue weighted by atomic mass is 9.83. The van der Waals surface area contributed by atoms with E-state index in [1.54, 1.807) is 38.2 Å². The van der Waals surface area contributed by atoms with E-state index >= 15 is 0 Å². The van der Waals surface area contributed by atoms with Crippen molar-refractivity contribution in [2.24, 2.45) is 5.92 Å². The standard InChI is InChI=1S/C20H30N2O5/c1-21(11-13-25-2)20(24)16-9-10-18(23)22(12-14-26-3)19(16)15-7-5-6-8-17(15)27-4/h5-8,16,19H,9-14H2,1-4H3/t16-,19+/m1/s1. The normalized spacial score (nSPS) is 19.9. The highest BCUT2D eigenvalue weighted by atomic mass is 16.5. The van der Waals surface area contributed by atoms with Crippen LogP contribution in [-0.2, 0) is 19.1 Å². The number of nitrogens with zero attached hydrogens (tertiary/aromatic N) is 2. The molecule has 2 amide bonds. The average Bonchev–Trinajstić information content (AvgIpc) is 2.70. The molecule has 0 spiro atoms. The Morgan fingerprint density at radius 3 is 2.56 bits per heavy atom. The number of likely N-dealkylation sites (N-methyl/N-ethyl adjacent to an activating group) is 1. The molecular weight excluding hydrogens is 348 g/mol. The molecule has 0 N–H and O–H groups in total. The fourth-order valence-electron chi connectivity index (χ4n) is 3.58. The van der Waals surface area contributed by atoms with Crippen LogP contribution in [0.25, 0.3) is 0 Å². The number of rotatable bonds is 9. The molecule has 0 aromatic heterocycles. The summed E-state index contributed by atoms with van der Waals surface area (Å²) in [6.07, 6.45) is 0.866. The van der Waals surface area contributed by atoms with Gasteiger partial charge in [0, 0.05) is 46.3 Å². The number of carbonyl (C=O) groups excluding carboxylic acids is 2. The van der Waals surface area contributed by atoms with Gasteiger partial charge in [-0.1, -0.05) is 18.2 Å². The number of para-hydroxylation sites is 1. The summed E-state index contributed by atoms with van der Waals surface area (Å²) in [7, 11) is 6.59. The summed E-state index contributed by atoms with van der Waals surface area (Å²) in [5.74, 6) is 0.388. The van der Waals surface area contributed by atoms with Crippen LogP contribution in [-0.4, -0.2) is 76.3 Å². The number of carbonyl (C=O) groups is 2. The fourth-order valence-corrected chi connectivity index (χ4v) is 3.58. The third-order valence-electron chi connectivity index (χ3n) is 5.02. The monoisotopic (exact) mass is 378 g/mol. The molecule has 0 saturated carbocycles. The minimum absolute atomic E-state index is 0.0119. The van der Waals surface area contributed by atoms with Gasteiger partial charge in [-0.2, -0.15) is 0 Å². The number of ether oxygens (including phenoxy) is 3. The topological polar surface area (TPSA) is 68.3 Å². The SMILES string of the molecule is COCCN(C)C(=O)[C@@H]1CCC(=O)N(CCOC)[C@H]1c1ccccc1OC. The van der Waals surface area contributed by atoms with Crippen LogP contribution in [0.15, 0.2) is 24.3 Å². The van der Waals surface area contributed by atoms with E-state index in [2.05, 4.69) is 0 Å². The van der Waals surface area contributed by atoms with Gasteiger partial charge in [0.05, 0.1) is 32.3 Å². The molecule has 27 heavy (non-hydrogen) atoms. The van der Waals surface area contributed by atoms with Gasteiger partial charge in [-0.25, -0.2) is 0 Å². The smallest absolute Gasteiger partial charge is 0.227 e. The average molecular weight is 378 g/mol. The van der Waals surface area contributed by atoms with Gasteiger partial charge in [-0.3, -0.25) is 9.59 Å². The van der Waals surface area contributed by atoms with E-state index < -0.39 is 0 Å². The molecule has 0 bridgehead atoms. The van der Waals surface area contributed by atoms with Crippen molar-refractivity contribution in [3.8, 4) is 5.75 Å². The summed E-state index contributed by atoms with van der Waals surface area (Å²) in [6.45, 7) is 1.83. The Labute approximate surface area is 161 Å². The zero-order chi connectivity index (χ0) is 19.8. The van der Waals surface area contributed by atoms with Crippen LogP contribution in [0.1, 0.15) is 24.4 Å². The van der Waals surface area contributed by atoms with Crippen LogP contribution in [0.3, 0.4) is 0 Å². The lowest BCUT2D eigenvalue weighted by Gasteiger charge is -2.42. The number of hydrogen-bond acceptors (Lipinski definition) is 5. The Morgan fingerprint density at radius 2 is 1.89 bits per heavy atom. The van der Waals surface area contributed by atoms with Crippen molar-refractivity contribution in [3.63, 3.8) is 0 Å². The van der Waals surface area contributed by atoms with Crippen molar-refractivity contribution in [1.29, 1.82) is 0 Å². The van der Waals surface area contributed by atoms with Gasteiger partial charge < -0.3 is 24.0 Å². The first-order chi connectivity index (χ1) is 13.0. The van der Waals surface area contributed by atoms with Gasteiger partial charge in [0.25, 0.3) is 0 Å². The molecule has 0 aliphatic carbocycles. The summed E-state index contributed by atoms with van der Waals surface area (Å²) in [6, 6.07) is 7.20. The van der Waals surface area contributed by atoms with Crippen LogP contribution >= 0.6 is 0 Å². The molecule has 2 atom stereocenters. The number of hydrogen-bond donors (Lipinski definition) is 0. The van der Waals surface area contributed by atoms with E-state index in [1.165, 1.54) is 0 Å². The van der Waals surface area contributed by atoms with Crippen LogP contribution < -0.4 is 4.74 Å². The summed E-state index contributed by atoms with van der Waals surface area (Å²) < 4.78 is 15.8. The van der Waals surface area contributed by atoms with Crippen molar-refractivity contribution >= 4 is 11.8 Å². The van der Waals surface area contributed by atoms with Crippen molar-refractivity contribution in [3.05, 3.63) is 29.8 Å². The molecule has 0 unspecified atom stereocenters. The maximum atomic E-state index is 13.2. The van der Waals surface area contributed by atoms with Crippen LogP contribution in [0.5, 0.6) is 5.75 Å². The molecule has 1 aromatic carbocycles. The first kappa shape index (κ1) is 21.2. The van der Waals surface area contributed by atoms with Crippen molar-refractivity contribution in [1.82, 2.24) is 9.80 Å². The zero-order valence-electron chi connectivity index (χ0n) is 16.6. The number of likely N-dealkylation sites (tertiary alicyclic amines) is 1. The van der Waals surface area contributed by atoms with Crippen LogP contribution in [0.4, 0.5) is 0 Å². The third-order valence-corrected chi connectivity index (χ3v) is 5.02. The Bertz CT molecular complexity index is 637. The summed E-state index contributed by atoms with van der Waals surface area (Å²) in [5, 5.41) is 0. The third kappa shape index (κ3) is 4.99. The maximum Gasteiger partial charge on any atom is 0.227 e. The molecule has 1 fully saturated rings. The Morgan fingerprint density at radius 1 is 1.19 bits per heavy atom. The van der Waals surface area contributed by atoms with Gasteiger partial charge in [0.1, 0.15) is 5.75 Å². The van der Waals surface area contributed by atoms with Crippen molar-refractivity contribution < 1.29 is 23.8 Å². The summed E-state index contributed by atoms with van der Waals surface area (Å²) in [4.78, 5) is 29.3. The minimum Gasteiger partial charge on any atom is -0.496 e. The molecule has 1 saturated heterocycles. The fraction of sp³-hybridized carbons (Fsp3) is 0.600. The predicted octanol–water partition coefficient (Wildman–Crippen LogP) is 1.73. The molecule has 7 heteroatoms. The van der Waals surface area contributed by atoms with E-state index in [4.69, 9.17) is 14.2 Å². The van der Waals surface area contributed by atoms with Gasteiger partial charge in [-0.15, -0.1) is 0 Å². The molecule has 0 radical (unpaired) electrons. The predicted molar refractivity (Wildman–Crippen MR) is 102 cm³/mol. The molecule has 1 heterocycles. The van der Waals surface area contributed by atoms with Crippen LogP contribution in [0, 0.1) is 5.92 Å². The molecule has 1 aliphatic rings. The lowest BCUT2D eigenvalue weighted by molar-refractivity contribution is -0.148. The first-order valence-electron chi connectivity index (χ1n) is 9.20. The van der Waals surface area contributed by atoms with Crippen molar-refractivity contribution in [2.45, 2.75) is 18.9 Å². The number of methoxy groups -OCH3 is 3. The highest BCUT2D eigenvalue weighted by Gasteiger charge is 2.42. The van der Waals surface area contributed by atoms with E-state index in [9.17, 15) is 9.59 Å². The quantitative estimate of drug-likeness (QED) is 0.655. The van der Waals surface area contributed by atoms with Gasteiger partial charge in [0.15, 0.2) is 0 Å². The molecular formula is C20H30N2O5. The molecule has 1 aromatic rings. The highest BCUT2D eigenvalue weighted by Crippen LogP contribution is 2.41. The zero-order valence-corrected chi connectivity index (χ0v) is 16.6. The van der Waals surface area contributed by atoms with Gasteiger partial charge in [0.2, 0.25) is 11.8 Å². The second kappa shape index (κ2) is 10.3. The highest BCUT2D eigenvalue weighted by molar-refractivity contribution is 5.85. The lowest BCUT2D eigenvalue weighted by Crippen LogP contribution is -2.49. The number of amides is 2. The summed E-state index contributed by atoms with van der Waals surface area (Å²) in [5.41, 5.74) is 0.850. The maximum absolute atomic E-state index is 13.2. The second-order valence-electron chi connectivity index (χ2n) is 6.66. The van der Waals surface area contributed by atoms with E-state index in [0.717, 1.165) is 5.56 Å². The Balaban J connectivity index is 2.40. The molecule has 7 nitrogen and oxygen atoms in total. The van der Waals surface area contributed by atoms with E-state index in [-0.39, 0.29) is 23.8 Å². The Hall–Kier alpha value is -2.12. The molecule has 2 rings (SSSR count). The number of benzene rings is 1. The van der Waals surface area contributed by atoms with E-state index in [1.807, 2.05) is 24.3 Å². The Kier molecular flexibility index (Phi) is 8.06. The minimum atomic E-state index is -0.380. The number of piperidine rings is 1. The first-order valence-corrected chi connectivity index (χ1v) is 9.20. The molecule has 150 valence electrons. The molecule has 1 aliphatic heterocycles. The van der Waals surface area contributed by atoms with Gasteiger partial charge in [-0.05, 0) is 12.5 Å².